The second-order valence-corrected chi connectivity index (χ2v) is 5.17. The van der Waals surface area contributed by atoms with E-state index in [0.29, 0.717) is 11.0 Å². The van der Waals surface area contributed by atoms with Crippen LogP contribution in [0.1, 0.15) is 25.7 Å². The fourth-order valence-electron chi connectivity index (χ4n) is 2.15. The summed E-state index contributed by atoms with van der Waals surface area (Å²) >= 11 is 1.46. The molecule has 1 aromatic rings. The molecule has 4 nitrogen and oxygen atoms in total. The number of carbonyl (C=O) groups excluding carboxylic acids is 1. The summed E-state index contributed by atoms with van der Waals surface area (Å²) in [4.78, 5) is 15.9. The Hall–Kier alpha value is -0.940. The van der Waals surface area contributed by atoms with Crippen molar-refractivity contribution in [2.24, 2.45) is 17.6 Å². The number of thiazole rings is 1. The van der Waals surface area contributed by atoms with Gasteiger partial charge < -0.3 is 11.1 Å². The van der Waals surface area contributed by atoms with Crippen LogP contribution < -0.4 is 11.1 Å². The van der Waals surface area contributed by atoms with Crippen molar-refractivity contribution in [1.29, 1.82) is 0 Å². The van der Waals surface area contributed by atoms with Gasteiger partial charge in [0.2, 0.25) is 5.91 Å². The molecule has 0 spiro atoms. The van der Waals surface area contributed by atoms with Gasteiger partial charge in [0.05, 0.1) is 0 Å². The zero-order chi connectivity index (χ0) is 11.4. The number of hydrogen-bond acceptors (Lipinski definition) is 4. The maximum Gasteiger partial charge on any atom is 0.229 e. The molecular weight excluding hydrogens is 222 g/mol. The monoisotopic (exact) mass is 239 g/mol. The molecule has 0 aliphatic heterocycles. The van der Waals surface area contributed by atoms with Crippen molar-refractivity contribution >= 4 is 22.4 Å². The minimum atomic E-state index is 0.116. The molecule has 16 heavy (non-hydrogen) atoms. The van der Waals surface area contributed by atoms with Gasteiger partial charge in [-0.2, -0.15) is 0 Å². The number of carbonyl (C=O) groups is 1. The lowest BCUT2D eigenvalue weighted by atomic mass is 9.82. The molecule has 0 unspecified atom stereocenters. The van der Waals surface area contributed by atoms with Crippen molar-refractivity contribution in [3.05, 3.63) is 11.6 Å². The summed E-state index contributed by atoms with van der Waals surface area (Å²) in [5.74, 6) is 0.876. The lowest BCUT2D eigenvalue weighted by Gasteiger charge is -2.26. The van der Waals surface area contributed by atoms with Gasteiger partial charge in [0.25, 0.3) is 0 Å². The third kappa shape index (κ3) is 2.80. The molecule has 0 saturated heterocycles. The van der Waals surface area contributed by atoms with Crippen LogP contribution in [0.3, 0.4) is 0 Å². The molecule has 2 rings (SSSR count). The number of rotatable bonds is 3. The molecular formula is C11H17N3OS. The van der Waals surface area contributed by atoms with Crippen molar-refractivity contribution in [3.8, 4) is 0 Å². The maximum absolute atomic E-state index is 11.9. The SMILES string of the molecule is NCC1CCC(C(=O)Nc2nccs2)CC1. The molecule has 0 radical (unpaired) electrons. The summed E-state index contributed by atoms with van der Waals surface area (Å²) in [5.41, 5.74) is 5.63. The Morgan fingerprint density at radius 3 is 2.81 bits per heavy atom. The fourth-order valence-corrected chi connectivity index (χ4v) is 2.68. The van der Waals surface area contributed by atoms with Crippen LogP contribution in [-0.2, 0) is 4.79 Å². The molecule has 1 aliphatic rings. The first-order chi connectivity index (χ1) is 7.79. The van der Waals surface area contributed by atoms with Gasteiger partial charge in [-0.1, -0.05) is 0 Å². The molecule has 1 aromatic heterocycles. The van der Waals surface area contributed by atoms with Crippen LogP contribution in [0, 0.1) is 11.8 Å². The lowest BCUT2D eigenvalue weighted by Crippen LogP contribution is -2.29. The summed E-state index contributed by atoms with van der Waals surface area (Å²) in [5, 5.41) is 5.42. The summed E-state index contributed by atoms with van der Waals surface area (Å²) in [6.07, 6.45) is 5.77. The fraction of sp³-hybridized carbons (Fsp3) is 0.636. The second-order valence-electron chi connectivity index (χ2n) is 4.28. The highest BCUT2D eigenvalue weighted by atomic mass is 32.1. The highest BCUT2D eigenvalue weighted by Crippen LogP contribution is 2.29. The number of anilines is 1. The topological polar surface area (TPSA) is 68.0 Å². The molecule has 3 N–H and O–H groups in total. The Morgan fingerprint density at radius 2 is 2.25 bits per heavy atom. The van der Waals surface area contributed by atoms with Gasteiger partial charge in [-0.05, 0) is 38.1 Å². The van der Waals surface area contributed by atoms with Crippen LogP contribution in [0.15, 0.2) is 11.6 Å². The molecule has 0 aromatic carbocycles. The van der Waals surface area contributed by atoms with Gasteiger partial charge in [-0.25, -0.2) is 4.98 Å². The zero-order valence-electron chi connectivity index (χ0n) is 9.19. The number of nitrogens with two attached hydrogens (primary N) is 1. The average Bonchev–Trinajstić information content (AvgIpc) is 2.82. The number of nitrogens with zero attached hydrogens (tertiary/aromatic N) is 1. The van der Waals surface area contributed by atoms with Crippen molar-refractivity contribution < 1.29 is 4.79 Å². The summed E-state index contributed by atoms with van der Waals surface area (Å²) < 4.78 is 0. The van der Waals surface area contributed by atoms with Crippen LogP contribution in [0.4, 0.5) is 5.13 Å². The number of aromatic nitrogens is 1. The molecule has 1 amide bonds. The molecule has 88 valence electrons. The largest absolute Gasteiger partial charge is 0.330 e. The first-order valence-corrected chi connectivity index (χ1v) is 6.58. The molecule has 0 atom stereocenters. The first-order valence-electron chi connectivity index (χ1n) is 5.70. The minimum Gasteiger partial charge on any atom is -0.330 e. The van der Waals surface area contributed by atoms with Gasteiger partial charge in [0, 0.05) is 17.5 Å². The van der Waals surface area contributed by atoms with E-state index in [9.17, 15) is 4.79 Å². The van der Waals surface area contributed by atoms with Gasteiger partial charge >= 0.3 is 0 Å². The Bertz CT molecular complexity index is 331. The predicted octanol–water partition coefficient (Wildman–Crippen LogP) is 1.85. The predicted molar refractivity (Wildman–Crippen MR) is 65.2 cm³/mol. The molecule has 1 heterocycles. The summed E-state index contributed by atoms with van der Waals surface area (Å²) in [7, 11) is 0. The Kier molecular flexibility index (Phi) is 3.90. The maximum atomic E-state index is 11.9. The zero-order valence-corrected chi connectivity index (χ0v) is 10.0. The van der Waals surface area contributed by atoms with Crippen molar-refractivity contribution in [3.63, 3.8) is 0 Å². The Labute approximate surface area is 99.3 Å². The van der Waals surface area contributed by atoms with Crippen LogP contribution in [-0.4, -0.2) is 17.4 Å². The molecule has 1 saturated carbocycles. The third-order valence-electron chi connectivity index (χ3n) is 3.21. The standard InChI is InChI=1S/C11H17N3OS/c12-7-8-1-3-9(4-2-8)10(15)14-11-13-5-6-16-11/h5-6,8-9H,1-4,7,12H2,(H,13,14,15). The average molecular weight is 239 g/mol. The molecule has 5 heteroatoms. The molecule has 1 aliphatic carbocycles. The van der Waals surface area contributed by atoms with Gasteiger partial charge in [-0.15, -0.1) is 11.3 Å². The van der Waals surface area contributed by atoms with Crippen LogP contribution in [0.25, 0.3) is 0 Å². The minimum absolute atomic E-state index is 0.116. The van der Waals surface area contributed by atoms with Crippen LogP contribution in [0.2, 0.25) is 0 Å². The van der Waals surface area contributed by atoms with E-state index in [1.807, 2.05) is 5.38 Å². The van der Waals surface area contributed by atoms with E-state index in [2.05, 4.69) is 10.3 Å². The van der Waals surface area contributed by atoms with E-state index in [0.717, 1.165) is 32.2 Å². The van der Waals surface area contributed by atoms with Gasteiger partial charge in [0.15, 0.2) is 5.13 Å². The van der Waals surface area contributed by atoms with E-state index in [1.54, 1.807) is 6.20 Å². The summed E-state index contributed by atoms with van der Waals surface area (Å²) in [6.45, 7) is 0.751. The first kappa shape index (κ1) is 11.5. The van der Waals surface area contributed by atoms with Crippen molar-refractivity contribution in [2.75, 3.05) is 11.9 Å². The van der Waals surface area contributed by atoms with Gasteiger partial charge in [0.1, 0.15) is 0 Å². The van der Waals surface area contributed by atoms with Gasteiger partial charge in [-0.3, -0.25) is 4.79 Å². The Morgan fingerprint density at radius 1 is 1.50 bits per heavy atom. The van der Waals surface area contributed by atoms with Crippen LogP contribution in [0.5, 0.6) is 0 Å². The number of nitrogens with one attached hydrogen (secondary N) is 1. The number of hydrogen-bond donors (Lipinski definition) is 2. The molecule has 0 bridgehead atoms. The highest BCUT2D eigenvalue weighted by Gasteiger charge is 2.25. The lowest BCUT2D eigenvalue weighted by molar-refractivity contribution is -0.121. The van der Waals surface area contributed by atoms with E-state index in [-0.39, 0.29) is 11.8 Å². The van der Waals surface area contributed by atoms with E-state index >= 15 is 0 Å². The Balaban J connectivity index is 1.82. The normalized spacial score (nSPS) is 25.3. The summed E-state index contributed by atoms with van der Waals surface area (Å²) in [6, 6.07) is 0. The smallest absolute Gasteiger partial charge is 0.229 e. The van der Waals surface area contributed by atoms with E-state index in [1.165, 1.54) is 11.3 Å². The quantitative estimate of drug-likeness (QED) is 0.845. The molecule has 1 fully saturated rings. The van der Waals surface area contributed by atoms with E-state index < -0.39 is 0 Å². The highest BCUT2D eigenvalue weighted by molar-refractivity contribution is 7.13. The van der Waals surface area contributed by atoms with Crippen molar-refractivity contribution in [1.82, 2.24) is 4.98 Å². The second kappa shape index (κ2) is 5.41. The third-order valence-corrected chi connectivity index (χ3v) is 3.90. The van der Waals surface area contributed by atoms with Crippen molar-refractivity contribution in [2.45, 2.75) is 25.7 Å². The van der Waals surface area contributed by atoms with Crippen LogP contribution >= 0.6 is 11.3 Å². The number of amides is 1. The van der Waals surface area contributed by atoms with E-state index in [4.69, 9.17) is 5.73 Å².